The Bertz CT molecular complexity index is 1780. The van der Waals surface area contributed by atoms with Gasteiger partial charge in [-0.25, -0.2) is 4.21 Å². The average molecular weight is 767 g/mol. The molecule has 3 fully saturated rings. The van der Waals surface area contributed by atoms with E-state index < -0.39 is 9.71 Å². The van der Waals surface area contributed by atoms with Gasteiger partial charge in [0.15, 0.2) is 6.29 Å². The molecule has 2 aliphatic carbocycles. The van der Waals surface area contributed by atoms with Crippen LogP contribution in [0, 0.1) is 23.7 Å². The standard InChI is InChI=1S/C42H59ClN4O5S/c1-27-8-6-10-36(41-50-23-34(24-51-41)46-21-33(22-46)45(3)4)35-14-11-31(35)20-47-25-42(17-7-9-29-18-32(43)13-15-37(29)42)26-52-39-16-12-30(19-38(39)47)40(48)44-53(5,49)28(27)2/h12-13,15-16,18-19,27-28,31,33-36,41H,5-11,14,17,20-26H2,1-4H3,(H,44,48,49)/t27-,28+,31-,34?,35+,36+,41?,42-,53?/m0/s1. The number of likely N-dealkylation sites (N-methyl/N-ethyl adjacent to an activating group) is 1. The smallest absolute Gasteiger partial charge is 0.262 e. The summed E-state index contributed by atoms with van der Waals surface area (Å²) in [6.07, 6.45) is 8.07. The SMILES string of the molecule is C=S1(=O)NC(=O)c2ccc3c(c2)N(C[C@@H]2CC[C@H]2[C@H](C2OCC(N4CC(N(C)C)C4)CO2)CCC[C@H](C)[C@H]1C)C[C@@]1(CCCc2cc(Cl)ccc21)CO3. The molecular weight excluding hydrogens is 708 g/mol. The van der Waals surface area contributed by atoms with Crippen molar-refractivity contribution in [2.45, 2.75) is 94.3 Å². The highest BCUT2D eigenvalue weighted by molar-refractivity contribution is 7.99. The van der Waals surface area contributed by atoms with Gasteiger partial charge in [0.25, 0.3) is 5.91 Å². The maximum absolute atomic E-state index is 14.0. The van der Waals surface area contributed by atoms with Crippen molar-refractivity contribution in [1.29, 1.82) is 0 Å². The van der Waals surface area contributed by atoms with Gasteiger partial charge in [0.05, 0.1) is 41.3 Å². The quantitative estimate of drug-likeness (QED) is 0.381. The van der Waals surface area contributed by atoms with Crippen LogP contribution in [0.1, 0.15) is 80.3 Å². The zero-order valence-corrected chi connectivity index (χ0v) is 33.6. The van der Waals surface area contributed by atoms with Crippen LogP contribution in [0.25, 0.3) is 0 Å². The van der Waals surface area contributed by atoms with Crippen molar-refractivity contribution in [3.63, 3.8) is 0 Å². The number of likely N-dealkylation sites (tertiary alicyclic amines) is 1. The lowest BCUT2D eigenvalue weighted by Crippen LogP contribution is -2.64. The fraction of sp³-hybridized carbons (Fsp3) is 0.667. The highest BCUT2D eigenvalue weighted by Gasteiger charge is 2.47. The van der Waals surface area contributed by atoms with E-state index in [1.807, 2.05) is 25.1 Å². The van der Waals surface area contributed by atoms with Gasteiger partial charge >= 0.3 is 0 Å². The summed E-state index contributed by atoms with van der Waals surface area (Å²) in [6, 6.07) is 13.0. The fourth-order valence-electron chi connectivity index (χ4n) is 10.1. The van der Waals surface area contributed by atoms with Crippen LogP contribution in [0.2, 0.25) is 5.02 Å². The minimum atomic E-state index is -2.91. The van der Waals surface area contributed by atoms with E-state index in [1.165, 1.54) is 11.1 Å². The normalized spacial score (nSPS) is 37.1. The number of benzene rings is 2. The van der Waals surface area contributed by atoms with Crippen molar-refractivity contribution in [1.82, 2.24) is 14.5 Å². The molecule has 1 unspecified atom stereocenters. The highest BCUT2D eigenvalue weighted by atomic mass is 35.5. The number of anilines is 1. The van der Waals surface area contributed by atoms with Crippen LogP contribution in [0.3, 0.4) is 0 Å². The van der Waals surface area contributed by atoms with E-state index in [0.29, 0.717) is 49.3 Å². The van der Waals surface area contributed by atoms with Gasteiger partial charge in [-0.05, 0) is 131 Å². The van der Waals surface area contributed by atoms with E-state index in [1.54, 1.807) is 6.07 Å². The summed E-state index contributed by atoms with van der Waals surface area (Å²) in [7, 11) is 1.40. The number of aryl methyl sites for hydroxylation is 1. The lowest BCUT2D eigenvalue weighted by atomic mass is 9.64. The molecule has 11 heteroatoms. The number of amides is 1. The van der Waals surface area contributed by atoms with Crippen LogP contribution < -0.4 is 14.4 Å². The third-order valence-corrected chi connectivity index (χ3v) is 16.5. The topological polar surface area (TPSA) is 83.6 Å². The number of hydrogen-bond donors (Lipinski definition) is 1. The Hall–Kier alpha value is -2.34. The number of ether oxygens (including phenoxy) is 3. The summed E-state index contributed by atoms with van der Waals surface area (Å²) in [4.78, 5) is 21.1. The summed E-state index contributed by atoms with van der Waals surface area (Å²) in [5.74, 6) is 5.85. The summed E-state index contributed by atoms with van der Waals surface area (Å²) in [5, 5.41) is 0.495. The van der Waals surface area contributed by atoms with Gasteiger partial charge in [0.1, 0.15) is 5.75 Å². The number of hydrogen-bond acceptors (Lipinski definition) is 8. The number of carbonyl (C=O) groups is 1. The second-order valence-electron chi connectivity index (χ2n) is 17.5. The predicted molar refractivity (Wildman–Crippen MR) is 214 cm³/mol. The van der Waals surface area contributed by atoms with E-state index in [0.717, 1.165) is 94.0 Å². The minimum absolute atomic E-state index is 0.125. The minimum Gasteiger partial charge on any atom is -0.490 e. The number of fused-ring (bicyclic) bond motifs is 4. The number of nitrogens with zero attached hydrogens (tertiary/aromatic N) is 3. The van der Waals surface area contributed by atoms with Gasteiger partial charge in [-0.3, -0.25) is 14.4 Å². The highest BCUT2D eigenvalue weighted by Crippen LogP contribution is 2.49. The molecule has 53 heavy (non-hydrogen) atoms. The first-order valence-corrected chi connectivity index (χ1v) is 22.2. The maximum Gasteiger partial charge on any atom is 0.262 e. The molecule has 4 aliphatic heterocycles. The third kappa shape index (κ3) is 7.38. The van der Waals surface area contributed by atoms with Gasteiger partial charge in [-0.2, -0.15) is 0 Å². The molecule has 290 valence electrons. The molecule has 2 saturated heterocycles. The first-order valence-electron chi connectivity index (χ1n) is 20.0. The van der Waals surface area contributed by atoms with Crippen LogP contribution in [0.15, 0.2) is 36.4 Å². The second-order valence-corrected chi connectivity index (χ2v) is 20.3. The Morgan fingerprint density at radius 3 is 2.51 bits per heavy atom. The summed E-state index contributed by atoms with van der Waals surface area (Å²) in [5.41, 5.74) is 3.84. The van der Waals surface area contributed by atoms with Gasteiger partial charge in [0, 0.05) is 59.4 Å². The molecule has 2 aromatic carbocycles. The molecule has 2 bridgehead atoms. The number of rotatable bonds is 3. The zero-order valence-electron chi connectivity index (χ0n) is 32.1. The molecule has 1 amide bonds. The predicted octanol–water partition coefficient (Wildman–Crippen LogP) is 6.01. The van der Waals surface area contributed by atoms with Crippen LogP contribution in [0.4, 0.5) is 5.69 Å². The molecule has 8 rings (SSSR count). The van der Waals surface area contributed by atoms with Crippen molar-refractivity contribution >= 4 is 38.8 Å². The Morgan fingerprint density at radius 2 is 1.77 bits per heavy atom. The molecule has 6 aliphatic rings. The lowest BCUT2D eigenvalue weighted by Gasteiger charge is -2.51. The molecule has 1 spiro atoms. The first-order chi connectivity index (χ1) is 25.4. The summed E-state index contributed by atoms with van der Waals surface area (Å²) >= 11 is 6.51. The first kappa shape index (κ1) is 37.6. The summed E-state index contributed by atoms with van der Waals surface area (Å²) in [6.45, 7) is 9.87. The van der Waals surface area contributed by atoms with E-state index in [4.69, 9.17) is 25.8 Å². The van der Waals surface area contributed by atoms with Crippen LogP contribution >= 0.6 is 11.6 Å². The number of halogens is 1. The number of nitrogens with one attached hydrogen (secondary N) is 1. The van der Waals surface area contributed by atoms with Crippen LogP contribution in [0.5, 0.6) is 5.75 Å². The molecular formula is C42H59ClN4O5S. The molecule has 4 heterocycles. The largest absolute Gasteiger partial charge is 0.490 e. The zero-order chi connectivity index (χ0) is 37.1. The van der Waals surface area contributed by atoms with E-state index in [9.17, 15) is 9.00 Å². The van der Waals surface area contributed by atoms with Crippen LogP contribution in [-0.2, 0) is 31.0 Å². The Labute approximate surface area is 322 Å². The molecule has 0 radical (unpaired) electrons. The van der Waals surface area contributed by atoms with Gasteiger partial charge in [-0.15, -0.1) is 0 Å². The van der Waals surface area contributed by atoms with E-state index in [2.05, 4.69) is 58.4 Å². The van der Waals surface area contributed by atoms with Crippen molar-refractivity contribution in [2.24, 2.45) is 23.7 Å². The fourth-order valence-corrected chi connectivity index (χ4v) is 11.8. The van der Waals surface area contributed by atoms with Gasteiger partial charge in [-0.1, -0.05) is 31.0 Å². The van der Waals surface area contributed by atoms with Crippen molar-refractivity contribution < 1.29 is 23.2 Å². The molecule has 1 N–H and O–H groups in total. The third-order valence-electron chi connectivity index (χ3n) is 14.0. The monoisotopic (exact) mass is 766 g/mol. The van der Waals surface area contributed by atoms with Crippen molar-refractivity contribution in [3.8, 4) is 5.75 Å². The summed E-state index contributed by atoms with van der Waals surface area (Å²) < 4.78 is 37.0. The molecule has 0 aromatic heterocycles. The Kier molecular flexibility index (Phi) is 10.6. The van der Waals surface area contributed by atoms with Crippen LogP contribution in [-0.4, -0.2) is 110 Å². The average Bonchev–Trinajstić information content (AvgIpc) is 3.24. The maximum atomic E-state index is 14.0. The van der Waals surface area contributed by atoms with Gasteiger partial charge in [0.2, 0.25) is 0 Å². The Balaban J connectivity index is 1.11. The molecule has 1 saturated carbocycles. The molecule has 9 nitrogen and oxygen atoms in total. The lowest BCUT2D eigenvalue weighted by molar-refractivity contribution is -0.248. The van der Waals surface area contributed by atoms with Crippen molar-refractivity contribution in [2.75, 3.05) is 65.0 Å². The molecule has 2 aromatic rings. The number of carbonyl (C=O) groups excluding carboxylic acids is 1. The van der Waals surface area contributed by atoms with Crippen molar-refractivity contribution in [3.05, 3.63) is 58.1 Å². The van der Waals surface area contributed by atoms with Gasteiger partial charge < -0.3 is 24.0 Å². The molecule has 7 atom stereocenters. The Morgan fingerprint density at radius 1 is 0.981 bits per heavy atom. The van der Waals surface area contributed by atoms with E-state index >= 15 is 0 Å². The second kappa shape index (κ2) is 15.0. The van der Waals surface area contributed by atoms with E-state index in [-0.39, 0.29) is 34.7 Å².